The summed E-state index contributed by atoms with van der Waals surface area (Å²) in [6.07, 6.45) is 0. The molecule has 0 bridgehead atoms. The molecule has 24 heavy (non-hydrogen) atoms. The van der Waals surface area contributed by atoms with Crippen molar-refractivity contribution in [2.75, 3.05) is 7.05 Å². The molecular weight excluding hydrogens is 296 g/mol. The number of hydrogen-bond acceptors (Lipinski definition) is 1. The SMILES string of the molecule is Cc1ccccc1CN(C)C(=O)NC(C)C(C)(C)c1ccccc1. The zero-order chi connectivity index (χ0) is 17.7. The summed E-state index contributed by atoms with van der Waals surface area (Å²) in [5.74, 6) is 0. The van der Waals surface area contributed by atoms with E-state index in [-0.39, 0.29) is 17.5 Å². The minimum Gasteiger partial charge on any atom is -0.335 e. The van der Waals surface area contributed by atoms with E-state index < -0.39 is 0 Å². The first-order chi connectivity index (χ1) is 11.3. The molecule has 2 rings (SSSR count). The normalized spacial score (nSPS) is 12.5. The van der Waals surface area contributed by atoms with Crippen molar-refractivity contribution in [3.63, 3.8) is 0 Å². The number of benzene rings is 2. The van der Waals surface area contributed by atoms with Crippen LogP contribution >= 0.6 is 0 Å². The van der Waals surface area contributed by atoms with Gasteiger partial charge in [-0.25, -0.2) is 4.79 Å². The number of nitrogens with one attached hydrogen (secondary N) is 1. The van der Waals surface area contributed by atoms with Gasteiger partial charge in [0.05, 0.1) is 0 Å². The van der Waals surface area contributed by atoms with E-state index >= 15 is 0 Å². The molecule has 0 aliphatic heterocycles. The van der Waals surface area contributed by atoms with E-state index in [2.05, 4.69) is 57.3 Å². The molecule has 0 aliphatic carbocycles. The number of urea groups is 1. The van der Waals surface area contributed by atoms with Gasteiger partial charge >= 0.3 is 6.03 Å². The first-order valence-electron chi connectivity index (χ1n) is 8.44. The molecule has 0 saturated carbocycles. The van der Waals surface area contributed by atoms with E-state index in [1.165, 1.54) is 16.7 Å². The molecule has 0 saturated heterocycles. The summed E-state index contributed by atoms with van der Waals surface area (Å²) in [5.41, 5.74) is 3.46. The molecule has 0 heterocycles. The Labute approximate surface area is 145 Å². The lowest BCUT2D eigenvalue weighted by Gasteiger charge is -2.34. The highest BCUT2D eigenvalue weighted by Crippen LogP contribution is 2.27. The van der Waals surface area contributed by atoms with Crippen molar-refractivity contribution in [2.24, 2.45) is 0 Å². The molecular formula is C21H28N2O. The number of carbonyl (C=O) groups is 1. The van der Waals surface area contributed by atoms with Gasteiger partial charge in [-0.3, -0.25) is 0 Å². The van der Waals surface area contributed by atoms with Crippen molar-refractivity contribution in [1.82, 2.24) is 10.2 Å². The van der Waals surface area contributed by atoms with Gasteiger partial charge in [-0.05, 0) is 30.5 Å². The maximum absolute atomic E-state index is 12.6. The summed E-state index contributed by atoms with van der Waals surface area (Å²) in [4.78, 5) is 14.3. The number of aryl methyl sites for hydroxylation is 1. The van der Waals surface area contributed by atoms with Crippen LogP contribution in [0.25, 0.3) is 0 Å². The minimum absolute atomic E-state index is 0.0201. The van der Waals surface area contributed by atoms with E-state index in [1.807, 2.05) is 37.4 Å². The monoisotopic (exact) mass is 324 g/mol. The molecule has 128 valence electrons. The van der Waals surface area contributed by atoms with E-state index in [0.717, 1.165) is 0 Å². The number of rotatable bonds is 5. The largest absolute Gasteiger partial charge is 0.335 e. The highest BCUT2D eigenvalue weighted by atomic mass is 16.2. The zero-order valence-corrected chi connectivity index (χ0v) is 15.3. The molecule has 2 aromatic carbocycles. The van der Waals surface area contributed by atoms with Gasteiger partial charge in [0, 0.05) is 25.0 Å². The molecule has 3 nitrogen and oxygen atoms in total. The van der Waals surface area contributed by atoms with Gasteiger partial charge in [0.1, 0.15) is 0 Å². The van der Waals surface area contributed by atoms with Gasteiger partial charge in [0.2, 0.25) is 0 Å². The number of amides is 2. The number of nitrogens with zero attached hydrogens (tertiary/aromatic N) is 1. The molecule has 2 amide bonds. The maximum atomic E-state index is 12.6. The second kappa shape index (κ2) is 7.52. The lowest BCUT2D eigenvalue weighted by Crippen LogP contribution is -2.49. The Bertz CT molecular complexity index is 679. The predicted octanol–water partition coefficient (Wildman–Crippen LogP) is 4.50. The van der Waals surface area contributed by atoms with E-state index in [0.29, 0.717) is 6.54 Å². The second-order valence-corrected chi connectivity index (χ2v) is 7.04. The maximum Gasteiger partial charge on any atom is 0.317 e. The summed E-state index contributed by atoms with van der Waals surface area (Å²) in [7, 11) is 1.84. The molecule has 0 radical (unpaired) electrons. The quantitative estimate of drug-likeness (QED) is 0.862. The van der Waals surface area contributed by atoms with Gasteiger partial charge in [-0.2, -0.15) is 0 Å². The molecule has 1 atom stereocenters. The highest BCUT2D eigenvalue weighted by molar-refractivity contribution is 5.74. The molecule has 0 aliphatic rings. The van der Waals surface area contributed by atoms with Crippen LogP contribution in [-0.2, 0) is 12.0 Å². The van der Waals surface area contributed by atoms with Crippen LogP contribution in [0, 0.1) is 6.92 Å². The summed E-state index contributed by atoms with van der Waals surface area (Å²) in [6, 6.07) is 18.4. The third kappa shape index (κ3) is 4.16. The standard InChI is InChI=1S/C21H28N2O/c1-16-11-9-10-12-18(16)15-23(5)20(24)22-17(2)21(3,4)19-13-7-6-8-14-19/h6-14,17H,15H2,1-5H3,(H,22,24). The average molecular weight is 324 g/mol. The van der Waals surface area contributed by atoms with Crippen molar-refractivity contribution < 1.29 is 4.79 Å². The van der Waals surface area contributed by atoms with Gasteiger partial charge < -0.3 is 10.2 Å². The first kappa shape index (κ1) is 18.1. The van der Waals surface area contributed by atoms with Crippen molar-refractivity contribution >= 4 is 6.03 Å². The van der Waals surface area contributed by atoms with Gasteiger partial charge in [0.15, 0.2) is 0 Å². The molecule has 0 spiro atoms. The lowest BCUT2D eigenvalue weighted by molar-refractivity contribution is 0.197. The third-order valence-electron chi connectivity index (χ3n) is 4.96. The van der Waals surface area contributed by atoms with Gasteiger partial charge in [-0.1, -0.05) is 68.4 Å². The molecule has 1 unspecified atom stereocenters. The van der Waals surface area contributed by atoms with Crippen molar-refractivity contribution in [3.05, 3.63) is 71.3 Å². The van der Waals surface area contributed by atoms with Gasteiger partial charge in [0.25, 0.3) is 0 Å². The Morgan fingerprint density at radius 3 is 2.29 bits per heavy atom. The number of hydrogen-bond donors (Lipinski definition) is 1. The Kier molecular flexibility index (Phi) is 5.66. The topological polar surface area (TPSA) is 32.3 Å². The predicted molar refractivity (Wildman–Crippen MR) is 100 cm³/mol. The van der Waals surface area contributed by atoms with E-state index in [1.54, 1.807) is 4.90 Å². The molecule has 3 heteroatoms. The van der Waals surface area contributed by atoms with Crippen molar-refractivity contribution in [3.8, 4) is 0 Å². The lowest BCUT2D eigenvalue weighted by atomic mass is 9.78. The van der Waals surface area contributed by atoms with Crippen LogP contribution in [0.3, 0.4) is 0 Å². The number of carbonyl (C=O) groups excluding carboxylic acids is 1. The van der Waals surface area contributed by atoms with Gasteiger partial charge in [-0.15, -0.1) is 0 Å². The summed E-state index contributed by atoms with van der Waals surface area (Å²) < 4.78 is 0. The fourth-order valence-corrected chi connectivity index (χ4v) is 2.71. The Balaban J connectivity index is 2.02. The van der Waals surface area contributed by atoms with Crippen LogP contribution in [0.4, 0.5) is 4.79 Å². The smallest absolute Gasteiger partial charge is 0.317 e. The Morgan fingerprint density at radius 1 is 1.08 bits per heavy atom. The molecule has 0 aromatic heterocycles. The average Bonchev–Trinajstić information content (AvgIpc) is 2.57. The Hall–Kier alpha value is -2.29. The van der Waals surface area contributed by atoms with Crippen LogP contribution in [0.15, 0.2) is 54.6 Å². The zero-order valence-electron chi connectivity index (χ0n) is 15.3. The van der Waals surface area contributed by atoms with Crippen LogP contribution in [0.2, 0.25) is 0 Å². The Morgan fingerprint density at radius 2 is 1.67 bits per heavy atom. The summed E-state index contributed by atoms with van der Waals surface area (Å²) in [6.45, 7) is 9.06. The second-order valence-electron chi connectivity index (χ2n) is 7.04. The third-order valence-corrected chi connectivity index (χ3v) is 4.96. The summed E-state index contributed by atoms with van der Waals surface area (Å²) in [5, 5.41) is 3.15. The molecule has 1 N–H and O–H groups in total. The fourth-order valence-electron chi connectivity index (χ4n) is 2.71. The molecule has 2 aromatic rings. The van der Waals surface area contributed by atoms with Crippen molar-refractivity contribution in [2.45, 2.75) is 45.7 Å². The van der Waals surface area contributed by atoms with Crippen LogP contribution in [0.5, 0.6) is 0 Å². The molecule has 0 fully saturated rings. The fraction of sp³-hybridized carbons (Fsp3) is 0.381. The van der Waals surface area contributed by atoms with Crippen LogP contribution in [0.1, 0.15) is 37.5 Å². The van der Waals surface area contributed by atoms with Crippen molar-refractivity contribution in [1.29, 1.82) is 0 Å². The van der Waals surface area contributed by atoms with E-state index in [4.69, 9.17) is 0 Å². The minimum atomic E-state index is -0.138. The van der Waals surface area contributed by atoms with E-state index in [9.17, 15) is 4.79 Å². The van der Waals surface area contributed by atoms with Crippen LogP contribution in [-0.4, -0.2) is 24.0 Å². The van der Waals surface area contributed by atoms with Crippen LogP contribution < -0.4 is 5.32 Å². The first-order valence-corrected chi connectivity index (χ1v) is 8.44. The summed E-state index contributed by atoms with van der Waals surface area (Å²) >= 11 is 0. The highest BCUT2D eigenvalue weighted by Gasteiger charge is 2.29.